The molecule has 0 radical (unpaired) electrons. The van der Waals surface area contributed by atoms with E-state index in [4.69, 9.17) is 5.73 Å². The molecule has 1 aromatic heterocycles. The number of primary amides is 1. The van der Waals surface area contributed by atoms with Gasteiger partial charge < -0.3 is 16.0 Å². The lowest BCUT2D eigenvalue weighted by atomic mass is 9.98. The molecule has 0 spiro atoms. The number of carbonyl (C=O) groups is 1. The topological polar surface area (TPSA) is 71.2 Å². The summed E-state index contributed by atoms with van der Waals surface area (Å²) >= 11 is 0. The molecule has 0 aliphatic carbocycles. The van der Waals surface area contributed by atoms with E-state index in [1.54, 1.807) is 0 Å². The third-order valence-electron chi connectivity index (χ3n) is 3.65. The Labute approximate surface area is 114 Å². The summed E-state index contributed by atoms with van der Waals surface area (Å²) in [5.74, 6) is 0.717. The molecule has 19 heavy (non-hydrogen) atoms. The first-order valence-corrected chi connectivity index (χ1v) is 6.72. The second-order valence-electron chi connectivity index (χ2n) is 5.58. The lowest BCUT2D eigenvalue weighted by Crippen LogP contribution is -2.56. The molecule has 1 fully saturated rings. The molecule has 0 unspecified atom stereocenters. The van der Waals surface area contributed by atoms with Gasteiger partial charge in [-0.2, -0.15) is 0 Å². The number of aromatic nitrogens is 1. The SMILES string of the molecule is CC(C)(NC1CCN(c2ccccn2)CC1)C(N)=O. The van der Waals surface area contributed by atoms with Gasteiger partial charge >= 0.3 is 0 Å². The molecule has 1 saturated heterocycles. The molecule has 5 heteroatoms. The average Bonchev–Trinajstić information content (AvgIpc) is 2.40. The highest BCUT2D eigenvalue weighted by atomic mass is 16.1. The summed E-state index contributed by atoms with van der Waals surface area (Å²) in [4.78, 5) is 18.0. The van der Waals surface area contributed by atoms with E-state index in [-0.39, 0.29) is 5.91 Å². The Kier molecular flexibility index (Phi) is 4.04. The van der Waals surface area contributed by atoms with Crippen molar-refractivity contribution in [3.05, 3.63) is 24.4 Å². The number of hydrogen-bond donors (Lipinski definition) is 2. The summed E-state index contributed by atoms with van der Waals surface area (Å²) in [5.41, 5.74) is 4.74. The molecule has 5 nitrogen and oxygen atoms in total. The van der Waals surface area contributed by atoms with Crippen molar-refractivity contribution in [2.24, 2.45) is 5.73 Å². The summed E-state index contributed by atoms with van der Waals surface area (Å²) in [6.07, 6.45) is 3.80. The van der Waals surface area contributed by atoms with Crippen LogP contribution in [0.15, 0.2) is 24.4 Å². The van der Waals surface area contributed by atoms with Crippen molar-refractivity contribution in [1.29, 1.82) is 0 Å². The Morgan fingerprint density at radius 2 is 2.11 bits per heavy atom. The van der Waals surface area contributed by atoms with Gasteiger partial charge in [0.25, 0.3) is 0 Å². The van der Waals surface area contributed by atoms with Crippen molar-refractivity contribution in [2.75, 3.05) is 18.0 Å². The van der Waals surface area contributed by atoms with Crippen molar-refractivity contribution >= 4 is 11.7 Å². The largest absolute Gasteiger partial charge is 0.368 e. The van der Waals surface area contributed by atoms with Gasteiger partial charge in [0.15, 0.2) is 0 Å². The number of piperidine rings is 1. The molecule has 0 saturated carbocycles. The van der Waals surface area contributed by atoms with Gasteiger partial charge in [-0.1, -0.05) is 6.07 Å². The minimum atomic E-state index is -0.641. The van der Waals surface area contributed by atoms with Crippen LogP contribution in [0.5, 0.6) is 0 Å². The molecule has 3 N–H and O–H groups in total. The normalized spacial score (nSPS) is 17.5. The Bertz CT molecular complexity index is 424. The Morgan fingerprint density at radius 3 is 2.63 bits per heavy atom. The zero-order chi connectivity index (χ0) is 13.9. The Balaban J connectivity index is 1.88. The number of pyridine rings is 1. The molecule has 1 aliphatic heterocycles. The Morgan fingerprint density at radius 1 is 1.42 bits per heavy atom. The first kappa shape index (κ1) is 13.8. The molecule has 0 atom stereocenters. The van der Waals surface area contributed by atoms with E-state index in [1.807, 2.05) is 38.2 Å². The average molecular weight is 262 g/mol. The predicted molar refractivity (Wildman–Crippen MR) is 75.9 cm³/mol. The molecule has 1 amide bonds. The fourth-order valence-corrected chi connectivity index (χ4v) is 2.38. The van der Waals surface area contributed by atoms with Crippen LogP contribution in [0.25, 0.3) is 0 Å². The van der Waals surface area contributed by atoms with E-state index >= 15 is 0 Å². The molecule has 1 aliphatic rings. The van der Waals surface area contributed by atoms with E-state index in [0.717, 1.165) is 31.7 Å². The highest BCUT2D eigenvalue weighted by Crippen LogP contribution is 2.18. The molecule has 0 bridgehead atoms. The van der Waals surface area contributed by atoms with E-state index < -0.39 is 5.54 Å². The second kappa shape index (κ2) is 5.57. The van der Waals surface area contributed by atoms with Crippen LogP contribution < -0.4 is 16.0 Å². The maximum absolute atomic E-state index is 11.3. The maximum Gasteiger partial charge on any atom is 0.237 e. The molecule has 2 heterocycles. The van der Waals surface area contributed by atoms with Gasteiger partial charge in [-0.05, 0) is 38.8 Å². The summed E-state index contributed by atoms with van der Waals surface area (Å²) in [7, 11) is 0. The van der Waals surface area contributed by atoms with E-state index in [0.29, 0.717) is 6.04 Å². The van der Waals surface area contributed by atoms with E-state index in [2.05, 4.69) is 15.2 Å². The molecule has 2 rings (SSSR count). The molecule has 104 valence electrons. The van der Waals surface area contributed by atoms with Crippen molar-refractivity contribution in [1.82, 2.24) is 10.3 Å². The second-order valence-corrected chi connectivity index (χ2v) is 5.58. The van der Waals surface area contributed by atoms with Gasteiger partial charge in [0.05, 0.1) is 5.54 Å². The number of hydrogen-bond acceptors (Lipinski definition) is 4. The van der Waals surface area contributed by atoms with Gasteiger partial charge in [0, 0.05) is 25.3 Å². The van der Waals surface area contributed by atoms with Gasteiger partial charge in [-0.3, -0.25) is 4.79 Å². The molecule has 1 aromatic rings. The molecular formula is C14H22N4O. The van der Waals surface area contributed by atoms with Crippen LogP contribution in [-0.4, -0.2) is 35.6 Å². The van der Waals surface area contributed by atoms with Gasteiger partial charge in [0.1, 0.15) is 5.82 Å². The summed E-state index contributed by atoms with van der Waals surface area (Å²) < 4.78 is 0. The zero-order valence-electron chi connectivity index (χ0n) is 11.6. The van der Waals surface area contributed by atoms with E-state index in [9.17, 15) is 4.79 Å². The first-order valence-electron chi connectivity index (χ1n) is 6.72. The lowest BCUT2D eigenvalue weighted by molar-refractivity contribution is -0.123. The van der Waals surface area contributed by atoms with Crippen molar-refractivity contribution in [3.8, 4) is 0 Å². The molecular weight excluding hydrogens is 240 g/mol. The maximum atomic E-state index is 11.3. The van der Waals surface area contributed by atoms with Crippen molar-refractivity contribution < 1.29 is 4.79 Å². The number of nitrogens with two attached hydrogens (primary N) is 1. The standard InChI is InChI=1S/C14H22N4O/c1-14(2,13(15)19)17-11-6-9-18(10-7-11)12-5-3-4-8-16-12/h3-5,8,11,17H,6-7,9-10H2,1-2H3,(H2,15,19). The van der Waals surface area contributed by atoms with Crippen LogP contribution in [0.3, 0.4) is 0 Å². The Hall–Kier alpha value is -1.62. The number of carbonyl (C=O) groups excluding carboxylic acids is 1. The van der Waals surface area contributed by atoms with Crippen LogP contribution in [0, 0.1) is 0 Å². The number of nitrogens with zero attached hydrogens (tertiary/aromatic N) is 2. The summed E-state index contributed by atoms with van der Waals surface area (Å²) in [5, 5.41) is 3.35. The van der Waals surface area contributed by atoms with Crippen LogP contribution in [0.1, 0.15) is 26.7 Å². The highest BCUT2D eigenvalue weighted by Gasteiger charge is 2.29. The monoisotopic (exact) mass is 262 g/mol. The third-order valence-corrected chi connectivity index (χ3v) is 3.65. The zero-order valence-corrected chi connectivity index (χ0v) is 11.6. The predicted octanol–water partition coefficient (Wildman–Crippen LogP) is 0.904. The smallest absolute Gasteiger partial charge is 0.237 e. The quantitative estimate of drug-likeness (QED) is 0.846. The van der Waals surface area contributed by atoms with Crippen LogP contribution in [0.4, 0.5) is 5.82 Å². The molecule has 0 aromatic carbocycles. The lowest BCUT2D eigenvalue weighted by Gasteiger charge is -2.36. The van der Waals surface area contributed by atoms with Gasteiger partial charge in [-0.25, -0.2) is 4.98 Å². The van der Waals surface area contributed by atoms with Gasteiger partial charge in [0.2, 0.25) is 5.91 Å². The number of rotatable bonds is 4. The highest BCUT2D eigenvalue weighted by molar-refractivity contribution is 5.83. The first-order chi connectivity index (χ1) is 8.99. The number of anilines is 1. The number of amides is 1. The summed E-state index contributed by atoms with van der Waals surface area (Å²) in [6, 6.07) is 6.29. The van der Waals surface area contributed by atoms with Crippen LogP contribution >= 0.6 is 0 Å². The number of nitrogens with one attached hydrogen (secondary N) is 1. The summed E-state index contributed by atoms with van der Waals surface area (Å²) in [6.45, 7) is 5.56. The minimum absolute atomic E-state index is 0.306. The van der Waals surface area contributed by atoms with E-state index in [1.165, 1.54) is 0 Å². The van der Waals surface area contributed by atoms with Crippen LogP contribution in [0.2, 0.25) is 0 Å². The fourth-order valence-electron chi connectivity index (χ4n) is 2.38. The van der Waals surface area contributed by atoms with Crippen molar-refractivity contribution in [2.45, 2.75) is 38.3 Å². The third kappa shape index (κ3) is 3.44. The fraction of sp³-hybridized carbons (Fsp3) is 0.571. The minimum Gasteiger partial charge on any atom is -0.368 e. The van der Waals surface area contributed by atoms with Gasteiger partial charge in [-0.15, -0.1) is 0 Å². The van der Waals surface area contributed by atoms with Crippen LogP contribution in [-0.2, 0) is 4.79 Å². The van der Waals surface area contributed by atoms with Crippen molar-refractivity contribution in [3.63, 3.8) is 0 Å².